The highest BCUT2D eigenvalue weighted by Gasteiger charge is 2.28. The van der Waals surface area contributed by atoms with Gasteiger partial charge in [0, 0.05) is 36.7 Å². The van der Waals surface area contributed by atoms with Gasteiger partial charge in [0.25, 0.3) is 0 Å². The zero-order valence-electron chi connectivity index (χ0n) is 21.0. The summed E-state index contributed by atoms with van der Waals surface area (Å²) in [6.45, 7) is 7.79. The van der Waals surface area contributed by atoms with Crippen molar-refractivity contribution in [1.82, 2.24) is 4.57 Å². The van der Waals surface area contributed by atoms with Gasteiger partial charge in [0.2, 0.25) is 11.3 Å². The first-order chi connectivity index (χ1) is 16.9. The summed E-state index contributed by atoms with van der Waals surface area (Å²) in [5.41, 5.74) is 1.16. The number of hydrogen-bond donors (Lipinski definition) is 2. The number of amides is 1. The van der Waals surface area contributed by atoms with Crippen LogP contribution in [0.1, 0.15) is 66.7 Å². The minimum absolute atomic E-state index is 0.0108. The molecule has 1 amide bonds. The Balaban J connectivity index is 1.84. The average molecular weight is 495 g/mol. The average Bonchev–Trinajstić information content (AvgIpc) is 3.23. The lowest BCUT2D eigenvalue weighted by molar-refractivity contribution is -0.117. The summed E-state index contributed by atoms with van der Waals surface area (Å²) in [5.74, 6) is -1.72. The van der Waals surface area contributed by atoms with Crippen LogP contribution in [0.5, 0.6) is 0 Å². The molecule has 1 aliphatic rings. The number of aromatic nitrogens is 1. The van der Waals surface area contributed by atoms with Crippen LogP contribution in [0, 0.1) is 18.2 Å². The Kier molecular flexibility index (Phi) is 6.75. The Hall–Kier alpha value is -3.52. The molecule has 36 heavy (non-hydrogen) atoms. The van der Waals surface area contributed by atoms with E-state index in [1.165, 1.54) is 6.20 Å². The molecule has 0 bridgehead atoms. The van der Waals surface area contributed by atoms with E-state index in [1.54, 1.807) is 46.7 Å². The number of aliphatic hydroxyl groups is 1. The van der Waals surface area contributed by atoms with Crippen molar-refractivity contribution in [2.75, 3.05) is 18.1 Å². The number of aromatic carboxylic acids is 1. The number of aryl methyl sites for hydroxylation is 1. The Morgan fingerprint density at radius 3 is 2.47 bits per heavy atom. The number of aliphatic hydroxyl groups excluding tert-OH is 1. The van der Waals surface area contributed by atoms with E-state index >= 15 is 4.39 Å². The predicted molar refractivity (Wildman–Crippen MR) is 136 cm³/mol. The van der Waals surface area contributed by atoms with Gasteiger partial charge in [-0.15, -0.1) is 0 Å². The highest BCUT2D eigenvalue weighted by atomic mass is 19.1. The maximum atomic E-state index is 15.1. The van der Waals surface area contributed by atoms with Crippen LogP contribution in [0.25, 0.3) is 10.9 Å². The van der Waals surface area contributed by atoms with Gasteiger partial charge in [-0.05, 0) is 59.7 Å². The predicted octanol–water partition coefficient (Wildman–Crippen LogP) is 4.44. The number of rotatable bonds is 6. The molecule has 2 heterocycles. The van der Waals surface area contributed by atoms with E-state index in [9.17, 15) is 24.6 Å². The lowest BCUT2D eigenvalue weighted by Gasteiger charge is -2.32. The first-order valence-corrected chi connectivity index (χ1v) is 12.0. The molecule has 2 aromatic carbocycles. The van der Waals surface area contributed by atoms with Crippen molar-refractivity contribution in [2.45, 2.75) is 53.0 Å². The molecule has 1 aromatic heterocycles. The van der Waals surface area contributed by atoms with Crippen molar-refractivity contribution in [3.05, 3.63) is 74.8 Å². The summed E-state index contributed by atoms with van der Waals surface area (Å²) in [6, 6.07) is 7.95. The summed E-state index contributed by atoms with van der Waals surface area (Å²) in [4.78, 5) is 38.9. The Morgan fingerprint density at radius 1 is 1.17 bits per heavy atom. The second-order valence-corrected chi connectivity index (χ2v) is 10.6. The third kappa shape index (κ3) is 4.65. The van der Waals surface area contributed by atoms with Crippen LogP contribution in [0.4, 0.5) is 10.1 Å². The number of anilines is 1. The number of carboxylic acids is 1. The van der Waals surface area contributed by atoms with Crippen LogP contribution in [0.15, 0.2) is 41.3 Å². The molecule has 0 saturated carbocycles. The third-order valence-corrected chi connectivity index (χ3v) is 6.93. The van der Waals surface area contributed by atoms with Crippen LogP contribution in [-0.2, 0) is 11.2 Å². The molecule has 1 saturated heterocycles. The van der Waals surface area contributed by atoms with Gasteiger partial charge in [-0.25, -0.2) is 9.18 Å². The number of carbonyl (C=O) groups excluding carboxylic acids is 1. The zero-order valence-corrected chi connectivity index (χ0v) is 21.0. The van der Waals surface area contributed by atoms with Crippen LogP contribution in [0.2, 0.25) is 0 Å². The fourth-order valence-electron chi connectivity index (χ4n) is 4.95. The molecule has 0 unspecified atom stereocenters. The van der Waals surface area contributed by atoms with Crippen molar-refractivity contribution >= 4 is 28.5 Å². The molecule has 190 valence electrons. The molecule has 0 spiro atoms. The fourth-order valence-corrected chi connectivity index (χ4v) is 4.95. The number of hydrogen-bond acceptors (Lipinski definition) is 4. The second-order valence-electron chi connectivity index (χ2n) is 10.6. The van der Waals surface area contributed by atoms with Gasteiger partial charge in [-0.2, -0.15) is 0 Å². The summed E-state index contributed by atoms with van der Waals surface area (Å²) >= 11 is 0. The molecule has 4 rings (SSSR count). The van der Waals surface area contributed by atoms with Crippen molar-refractivity contribution < 1.29 is 24.2 Å². The maximum Gasteiger partial charge on any atom is 0.341 e. The molecular formula is C28H31FN2O5. The minimum Gasteiger partial charge on any atom is -0.477 e. The second kappa shape index (κ2) is 9.50. The quantitative estimate of drug-likeness (QED) is 0.528. The Labute approximate surface area is 208 Å². The van der Waals surface area contributed by atoms with Crippen LogP contribution in [0.3, 0.4) is 0 Å². The molecule has 1 aliphatic heterocycles. The first kappa shape index (κ1) is 25.6. The number of pyridine rings is 1. The number of nitrogens with zero attached hydrogens (tertiary/aromatic N) is 2. The smallest absolute Gasteiger partial charge is 0.341 e. The number of carbonyl (C=O) groups is 2. The maximum absolute atomic E-state index is 15.1. The number of halogens is 1. The van der Waals surface area contributed by atoms with Crippen molar-refractivity contribution in [2.24, 2.45) is 5.41 Å². The topological polar surface area (TPSA) is 99.8 Å². The van der Waals surface area contributed by atoms with E-state index in [0.29, 0.717) is 40.9 Å². The zero-order chi connectivity index (χ0) is 26.4. The molecule has 1 fully saturated rings. The van der Waals surface area contributed by atoms with E-state index in [2.05, 4.69) is 0 Å². The summed E-state index contributed by atoms with van der Waals surface area (Å²) in [7, 11) is 0. The molecule has 1 atom stereocenters. The molecule has 8 heteroatoms. The molecule has 3 aromatic rings. The van der Waals surface area contributed by atoms with E-state index in [0.717, 1.165) is 6.42 Å². The monoisotopic (exact) mass is 494 g/mol. The standard InChI is InChI=1S/C28H31FN2O5/c1-16-10-19(30-9-5-6-24(30)33)13-18(25(16)29)11-17-7-8-22-20(12-17)26(34)21(27(35)36)14-31(22)23(15-32)28(2,3)4/h7-8,10,12-14,23,32H,5-6,9,11,15H2,1-4H3,(H,35,36)/t23-/m1/s1. The van der Waals surface area contributed by atoms with E-state index in [1.807, 2.05) is 20.8 Å². The van der Waals surface area contributed by atoms with Crippen LogP contribution in [-0.4, -0.2) is 39.8 Å². The number of benzene rings is 2. The highest BCUT2D eigenvalue weighted by Crippen LogP contribution is 2.33. The molecule has 7 nitrogen and oxygen atoms in total. The normalized spacial score (nSPS) is 15.1. The van der Waals surface area contributed by atoms with Crippen molar-refractivity contribution in [1.29, 1.82) is 0 Å². The van der Waals surface area contributed by atoms with E-state index < -0.39 is 22.9 Å². The van der Waals surface area contributed by atoms with Crippen molar-refractivity contribution in [3.63, 3.8) is 0 Å². The minimum atomic E-state index is -1.35. The van der Waals surface area contributed by atoms with Gasteiger partial charge in [0.15, 0.2) is 0 Å². The van der Waals surface area contributed by atoms with Gasteiger partial charge in [0.1, 0.15) is 11.4 Å². The highest BCUT2D eigenvalue weighted by molar-refractivity contribution is 5.95. The molecule has 0 aliphatic carbocycles. The van der Waals surface area contributed by atoms with Crippen LogP contribution < -0.4 is 10.3 Å². The van der Waals surface area contributed by atoms with E-state index in [-0.39, 0.29) is 35.7 Å². The summed E-state index contributed by atoms with van der Waals surface area (Å²) < 4.78 is 16.7. The van der Waals surface area contributed by atoms with Crippen molar-refractivity contribution in [3.8, 4) is 0 Å². The van der Waals surface area contributed by atoms with Gasteiger partial charge >= 0.3 is 5.97 Å². The SMILES string of the molecule is Cc1cc(N2CCCC2=O)cc(Cc2ccc3c(c2)c(=O)c(C(=O)O)cn3[C@H](CO)C(C)(C)C)c1F. The van der Waals surface area contributed by atoms with Gasteiger partial charge < -0.3 is 19.7 Å². The summed E-state index contributed by atoms with van der Waals surface area (Å²) in [6.07, 6.45) is 2.69. The number of fused-ring (bicyclic) bond motifs is 1. The largest absolute Gasteiger partial charge is 0.477 e. The Bertz CT molecular complexity index is 1420. The van der Waals surface area contributed by atoms with E-state index in [4.69, 9.17) is 0 Å². The Morgan fingerprint density at radius 2 is 1.89 bits per heavy atom. The molecule has 0 radical (unpaired) electrons. The lowest BCUT2D eigenvalue weighted by Crippen LogP contribution is -2.30. The fraction of sp³-hybridized carbons (Fsp3) is 0.393. The molecular weight excluding hydrogens is 463 g/mol. The third-order valence-electron chi connectivity index (χ3n) is 6.93. The van der Waals surface area contributed by atoms with Gasteiger partial charge in [-0.3, -0.25) is 9.59 Å². The first-order valence-electron chi connectivity index (χ1n) is 12.0. The van der Waals surface area contributed by atoms with Crippen LogP contribution >= 0.6 is 0 Å². The van der Waals surface area contributed by atoms with Gasteiger partial charge in [0.05, 0.1) is 18.2 Å². The summed E-state index contributed by atoms with van der Waals surface area (Å²) in [5, 5.41) is 20.0. The number of carboxylic acid groups (broad SMARTS) is 1. The lowest BCUT2D eigenvalue weighted by atomic mass is 9.86. The molecule has 2 N–H and O–H groups in total. The van der Waals surface area contributed by atoms with Gasteiger partial charge in [-0.1, -0.05) is 26.8 Å².